The van der Waals surface area contributed by atoms with E-state index in [0.717, 1.165) is 22.2 Å². The number of carbonyl (C=O) groups excluding carboxylic acids is 1. The zero-order valence-corrected chi connectivity index (χ0v) is 16.6. The Bertz CT molecular complexity index is 953. The number of nitrogens with one attached hydrogen (secondary N) is 1. The normalized spacial score (nSPS) is 12.1. The van der Waals surface area contributed by atoms with Crippen molar-refractivity contribution in [3.63, 3.8) is 0 Å². The predicted molar refractivity (Wildman–Crippen MR) is 108 cm³/mol. The Morgan fingerprint density at radius 2 is 1.93 bits per heavy atom. The number of para-hydroxylation sites is 1. The summed E-state index contributed by atoms with van der Waals surface area (Å²) < 4.78 is 13.0. The van der Waals surface area contributed by atoms with E-state index in [1.54, 1.807) is 31.2 Å². The second-order valence-corrected chi connectivity index (χ2v) is 6.82. The van der Waals surface area contributed by atoms with Crippen molar-refractivity contribution >= 4 is 28.5 Å². The van der Waals surface area contributed by atoms with Gasteiger partial charge in [-0.2, -0.15) is 5.48 Å². The molecule has 7 heteroatoms. The number of hydrogen-bond acceptors (Lipinski definition) is 5. The van der Waals surface area contributed by atoms with Crippen LogP contribution in [0, 0.1) is 0 Å². The van der Waals surface area contributed by atoms with Gasteiger partial charge in [-0.25, -0.2) is 0 Å². The van der Waals surface area contributed by atoms with Gasteiger partial charge in [-0.15, -0.1) is 0 Å². The lowest BCUT2D eigenvalue weighted by Crippen LogP contribution is -2.38. The molecule has 0 spiro atoms. The maximum Gasteiger partial charge on any atom is 0.325 e. The van der Waals surface area contributed by atoms with Gasteiger partial charge in [-0.1, -0.05) is 29.8 Å². The van der Waals surface area contributed by atoms with Crippen LogP contribution in [0.1, 0.15) is 18.2 Å². The fourth-order valence-corrected chi connectivity index (χ4v) is 3.37. The predicted octanol–water partition coefficient (Wildman–Crippen LogP) is 3.86. The zero-order valence-electron chi connectivity index (χ0n) is 15.8. The Morgan fingerprint density at radius 1 is 1.21 bits per heavy atom. The summed E-state index contributed by atoms with van der Waals surface area (Å²) in [5.41, 5.74) is 4.94. The van der Waals surface area contributed by atoms with E-state index in [2.05, 4.69) is 5.48 Å². The molecule has 0 aliphatic heterocycles. The minimum Gasteiger partial charge on any atom is -0.487 e. The standard InChI is InChI=1S/C21H23ClN2O4/c1-3-27-21(25)18(23-26)12-17-16-6-4-5-7-19(16)24(2)20(17)13-28-15-10-8-14(22)9-11-15/h4-11,18,23,26H,3,12-13H2,1-2H3. The topological polar surface area (TPSA) is 72.7 Å². The molecule has 0 aliphatic carbocycles. The maximum atomic E-state index is 12.1. The van der Waals surface area contributed by atoms with Crippen molar-refractivity contribution in [3.8, 4) is 5.75 Å². The smallest absolute Gasteiger partial charge is 0.325 e. The van der Waals surface area contributed by atoms with Crippen LogP contribution in [0.4, 0.5) is 0 Å². The molecule has 0 bridgehead atoms. The van der Waals surface area contributed by atoms with E-state index >= 15 is 0 Å². The Hall–Kier alpha value is -2.54. The van der Waals surface area contributed by atoms with Gasteiger partial charge in [0, 0.05) is 29.4 Å². The van der Waals surface area contributed by atoms with E-state index in [9.17, 15) is 10.0 Å². The van der Waals surface area contributed by atoms with Crippen molar-refractivity contribution in [3.05, 3.63) is 64.8 Å². The summed E-state index contributed by atoms with van der Waals surface area (Å²) in [5, 5.41) is 11.1. The molecule has 148 valence electrons. The molecule has 0 saturated carbocycles. The van der Waals surface area contributed by atoms with Crippen LogP contribution in [0.15, 0.2) is 48.5 Å². The molecule has 3 rings (SSSR count). The first kappa shape index (κ1) is 20.2. The van der Waals surface area contributed by atoms with E-state index in [0.29, 0.717) is 17.4 Å². The van der Waals surface area contributed by atoms with E-state index in [-0.39, 0.29) is 13.0 Å². The summed E-state index contributed by atoms with van der Waals surface area (Å²) in [6.07, 6.45) is 0.274. The van der Waals surface area contributed by atoms with Crippen LogP contribution in [0.2, 0.25) is 5.02 Å². The van der Waals surface area contributed by atoms with Gasteiger partial charge in [0.25, 0.3) is 0 Å². The van der Waals surface area contributed by atoms with Crippen molar-refractivity contribution in [1.29, 1.82) is 0 Å². The monoisotopic (exact) mass is 402 g/mol. The molecular weight excluding hydrogens is 380 g/mol. The minimum atomic E-state index is -0.861. The first-order valence-corrected chi connectivity index (χ1v) is 9.42. The highest BCUT2D eigenvalue weighted by molar-refractivity contribution is 6.30. The third-order valence-corrected chi connectivity index (χ3v) is 4.92. The van der Waals surface area contributed by atoms with Crippen molar-refractivity contribution < 1.29 is 19.5 Å². The molecule has 0 aliphatic rings. The Morgan fingerprint density at radius 3 is 2.61 bits per heavy atom. The van der Waals surface area contributed by atoms with Crippen molar-refractivity contribution in [2.24, 2.45) is 7.05 Å². The molecule has 1 aromatic heterocycles. The highest BCUT2D eigenvalue weighted by atomic mass is 35.5. The van der Waals surface area contributed by atoms with Crippen LogP contribution in [0.5, 0.6) is 5.75 Å². The van der Waals surface area contributed by atoms with Gasteiger partial charge < -0.3 is 19.2 Å². The van der Waals surface area contributed by atoms with E-state index in [4.69, 9.17) is 21.1 Å². The molecule has 6 nitrogen and oxygen atoms in total. The first-order chi connectivity index (χ1) is 13.5. The van der Waals surface area contributed by atoms with Gasteiger partial charge in [0.15, 0.2) is 0 Å². The number of hydrogen-bond donors (Lipinski definition) is 2. The number of hydroxylamine groups is 1. The summed E-state index contributed by atoms with van der Waals surface area (Å²) >= 11 is 5.93. The van der Waals surface area contributed by atoms with E-state index < -0.39 is 12.0 Å². The number of aryl methyl sites for hydroxylation is 1. The largest absolute Gasteiger partial charge is 0.487 e. The molecule has 3 aromatic rings. The van der Waals surface area contributed by atoms with Crippen molar-refractivity contribution in [2.75, 3.05) is 6.61 Å². The Kier molecular flexibility index (Phi) is 6.57. The second kappa shape index (κ2) is 9.10. The number of carbonyl (C=O) groups is 1. The highest BCUT2D eigenvalue weighted by Gasteiger charge is 2.24. The number of benzene rings is 2. The third-order valence-electron chi connectivity index (χ3n) is 4.67. The van der Waals surface area contributed by atoms with Gasteiger partial charge in [-0.05, 0) is 42.8 Å². The number of ether oxygens (including phenoxy) is 2. The fourth-order valence-electron chi connectivity index (χ4n) is 3.25. The Labute approximate surface area is 168 Å². The van der Waals surface area contributed by atoms with E-state index in [1.165, 1.54) is 0 Å². The molecule has 0 radical (unpaired) electrons. The number of rotatable bonds is 8. The van der Waals surface area contributed by atoms with Gasteiger partial charge >= 0.3 is 5.97 Å². The van der Waals surface area contributed by atoms with Crippen LogP contribution in [0.25, 0.3) is 10.9 Å². The summed E-state index contributed by atoms with van der Waals surface area (Å²) in [7, 11) is 1.96. The minimum absolute atomic E-state index is 0.249. The average Bonchev–Trinajstić information content (AvgIpc) is 2.97. The molecule has 0 saturated heterocycles. The number of aromatic nitrogens is 1. The van der Waals surface area contributed by atoms with Gasteiger partial charge in [0.1, 0.15) is 18.4 Å². The summed E-state index contributed by atoms with van der Waals surface area (Å²) in [6, 6.07) is 14.2. The maximum absolute atomic E-state index is 12.1. The van der Waals surface area contributed by atoms with E-state index in [1.807, 2.05) is 35.9 Å². The number of esters is 1. The Balaban J connectivity index is 1.94. The lowest BCUT2D eigenvalue weighted by Gasteiger charge is -2.15. The molecule has 1 heterocycles. The van der Waals surface area contributed by atoms with Crippen molar-refractivity contribution in [1.82, 2.24) is 10.0 Å². The molecular formula is C21H23ClN2O4. The number of halogens is 1. The summed E-state index contributed by atoms with van der Waals surface area (Å²) in [6.45, 7) is 2.29. The van der Waals surface area contributed by atoms with Gasteiger partial charge in [0.2, 0.25) is 0 Å². The average molecular weight is 403 g/mol. The fraction of sp³-hybridized carbons (Fsp3) is 0.286. The number of nitrogens with zero attached hydrogens (tertiary/aromatic N) is 1. The van der Waals surface area contributed by atoms with Gasteiger partial charge in [0.05, 0.1) is 12.3 Å². The zero-order chi connectivity index (χ0) is 20.1. The SMILES string of the molecule is CCOC(=O)C(Cc1c(COc2ccc(Cl)cc2)n(C)c2ccccc12)NO. The summed E-state index contributed by atoms with van der Waals surface area (Å²) in [4.78, 5) is 12.1. The van der Waals surface area contributed by atoms with Crippen molar-refractivity contribution in [2.45, 2.75) is 26.0 Å². The summed E-state index contributed by atoms with van der Waals surface area (Å²) in [5.74, 6) is 0.199. The molecule has 28 heavy (non-hydrogen) atoms. The quantitative estimate of drug-likeness (QED) is 0.442. The van der Waals surface area contributed by atoms with Crippen LogP contribution < -0.4 is 10.2 Å². The molecule has 2 aromatic carbocycles. The molecule has 0 amide bonds. The van der Waals surface area contributed by atoms with Crippen LogP contribution >= 0.6 is 11.6 Å². The molecule has 1 unspecified atom stereocenters. The molecule has 2 N–H and O–H groups in total. The number of fused-ring (bicyclic) bond motifs is 1. The van der Waals surface area contributed by atoms with Crippen LogP contribution in [-0.4, -0.2) is 28.4 Å². The van der Waals surface area contributed by atoms with Gasteiger partial charge in [-0.3, -0.25) is 4.79 Å². The lowest BCUT2D eigenvalue weighted by atomic mass is 10.0. The van der Waals surface area contributed by atoms with Crippen LogP contribution in [-0.2, 0) is 29.6 Å². The van der Waals surface area contributed by atoms with Crippen LogP contribution in [0.3, 0.4) is 0 Å². The first-order valence-electron chi connectivity index (χ1n) is 9.05. The highest BCUT2D eigenvalue weighted by Crippen LogP contribution is 2.28. The molecule has 0 fully saturated rings. The third kappa shape index (κ3) is 4.30. The lowest BCUT2D eigenvalue weighted by molar-refractivity contribution is -0.148. The molecule has 1 atom stereocenters. The second-order valence-electron chi connectivity index (χ2n) is 6.38.